The molecule has 0 bridgehead atoms. The number of ether oxygens (including phenoxy) is 3. The molecule has 0 spiro atoms. The zero-order valence-electron chi connectivity index (χ0n) is 24.4. The molecular weight excluding hydrogens is 565 g/mol. The molecule has 0 saturated heterocycles. The van der Waals surface area contributed by atoms with Crippen molar-refractivity contribution in [2.24, 2.45) is 0 Å². The third-order valence-corrected chi connectivity index (χ3v) is 10.7. The molecule has 40 heavy (non-hydrogen) atoms. The molecule has 218 valence electrons. The van der Waals surface area contributed by atoms with Crippen molar-refractivity contribution in [3.63, 3.8) is 0 Å². The number of benzene rings is 2. The summed E-state index contributed by atoms with van der Waals surface area (Å²) in [4.78, 5) is 13.5. The zero-order valence-corrected chi connectivity index (χ0v) is 27.1. The van der Waals surface area contributed by atoms with Gasteiger partial charge in [-0.1, -0.05) is 43.9 Å². The minimum Gasteiger partial charge on any atom is -0.462 e. The third kappa shape index (κ3) is 7.79. The molecule has 1 heterocycles. The van der Waals surface area contributed by atoms with Crippen molar-refractivity contribution < 1.29 is 27.4 Å². The Bertz CT molecular complexity index is 1420. The van der Waals surface area contributed by atoms with E-state index in [1.807, 2.05) is 20.8 Å². The number of hydrogen-bond acceptors (Lipinski definition) is 8. The first kappa shape index (κ1) is 31.9. The second-order valence-electron chi connectivity index (χ2n) is 10.6. The Kier molecular flexibility index (Phi) is 11.1. The van der Waals surface area contributed by atoms with E-state index in [1.165, 1.54) is 15.8 Å². The number of aromatic nitrogens is 1. The Labute approximate surface area is 243 Å². The molecule has 8 nitrogen and oxygen atoms in total. The van der Waals surface area contributed by atoms with Crippen molar-refractivity contribution in [2.75, 3.05) is 30.9 Å². The van der Waals surface area contributed by atoms with Crippen LogP contribution in [0.4, 0.5) is 5.82 Å². The van der Waals surface area contributed by atoms with E-state index in [9.17, 15) is 13.2 Å². The van der Waals surface area contributed by atoms with Crippen LogP contribution in [0.15, 0.2) is 47.4 Å². The van der Waals surface area contributed by atoms with Crippen molar-refractivity contribution in [1.82, 2.24) is 4.37 Å². The van der Waals surface area contributed by atoms with Crippen LogP contribution in [0.3, 0.4) is 0 Å². The van der Waals surface area contributed by atoms with Gasteiger partial charge in [0.1, 0.15) is 6.73 Å². The van der Waals surface area contributed by atoms with E-state index in [2.05, 4.69) is 24.0 Å². The largest absolute Gasteiger partial charge is 0.462 e. The molecule has 2 aromatic carbocycles. The summed E-state index contributed by atoms with van der Waals surface area (Å²) in [5, 5.41) is 0. The Morgan fingerprint density at radius 3 is 2.35 bits per heavy atom. The average Bonchev–Trinajstić information content (AvgIpc) is 3.24. The smallest absolute Gasteiger partial charge is 0.338 e. The lowest BCUT2D eigenvalue weighted by atomic mass is 9.97. The summed E-state index contributed by atoms with van der Waals surface area (Å²) in [6.07, 6.45) is 0. The molecule has 0 N–H and O–H groups in total. The molecule has 0 amide bonds. The molecule has 0 saturated carbocycles. The van der Waals surface area contributed by atoms with Crippen molar-refractivity contribution in [1.29, 1.82) is 0 Å². The summed E-state index contributed by atoms with van der Waals surface area (Å²) in [6, 6.07) is 12.9. The Morgan fingerprint density at radius 2 is 1.73 bits per heavy atom. The first-order chi connectivity index (χ1) is 18.9. The van der Waals surface area contributed by atoms with Crippen molar-refractivity contribution in [3.8, 4) is 11.1 Å². The summed E-state index contributed by atoms with van der Waals surface area (Å²) in [5.74, 6) is -0.0683. The molecule has 0 aliphatic heterocycles. The van der Waals surface area contributed by atoms with Crippen LogP contribution in [0, 0.1) is 13.8 Å². The normalized spacial score (nSPS) is 12.0. The fourth-order valence-electron chi connectivity index (χ4n) is 3.97. The minimum absolute atomic E-state index is 0.121. The second kappa shape index (κ2) is 13.9. The van der Waals surface area contributed by atoms with E-state index < -0.39 is 24.1 Å². The van der Waals surface area contributed by atoms with E-state index in [0.29, 0.717) is 41.3 Å². The maximum atomic E-state index is 14.4. The maximum Gasteiger partial charge on any atom is 0.338 e. The second-order valence-corrected chi connectivity index (χ2v) is 19.0. The van der Waals surface area contributed by atoms with Crippen molar-refractivity contribution in [3.05, 3.63) is 64.0 Å². The van der Waals surface area contributed by atoms with Crippen LogP contribution in [0.5, 0.6) is 0 Å². The minimum atomic E-state index is -4.10. The molecule has 3 aromatic rings. The Morgan fingerprint density at radius 1 is 1.00 bits per heavy atom. The topological polar surface area (TPSA) is 95.0 Å². The van der Waals surface area contributed by atoms with Crippen LogP contribution in [0.2, 0.25) is 25.7 Å². The molecule has 11 heteroatoms. The number of aryl methyl sites for hydroxylation is 1. The van der Waals surface area contributed by atoms with Gasteiger partial charge in [0, 0.05) is 37.3 Å². The summed E-state index contributed by atoms with van der Waals surface area (Å²) in [7, 11) is -5.46. The zero-order chi connectivity index (χ0) is 29.5. The number of esters is 1. The highest BCUT2D eigenvalue weighted by molar-refractivity contribution is 7.93. The van der Waals surface area contributed by atoms with E-state index in [0.717, 1.165) is 16.5 Å². The Hall–Kier alpha value is -2.57. The molecule has 1 aromatic heterocycles. The van der Waals surface area contributed by atoms with Crippen LogP contribution in [-0.4, -0.2) is 53.4 Å². The summed E-state index contributed by atoms with van der Waals surface area (Å²) >= 11 is 1.27. The van der Waals surface area contributed by atoms with E-state index in [-0.39, 0.29) is 24.8 Å². The van der Waals surface area contributed by atoms with Gasteiger partial charge in [-0.05, 0) is 74.6 Å². The summed E-state index contributed by atoms with van der Waals surface area (Å²) in [5.41, 5.74) is 3.03. The molecule has 0 unspecified atom stereocenters. The molecule has 3 rings (SSSR count). The lowest BCUT2D eigenvalue weighted by Crippen LogP contribution is -2.35. The monoisotopic (exact) mass is 604 g/mol. The number of sulfonamides is 1. The molecule has 0 aliphatic carbocycles. The van der Waals surface area contributed by atoms with Gasteiger partial charge in [-0.15, -0.1) is 0 Å². The van der Waals surface area contributed by atoms with E-state index >= 15 is 0 Å². The maximum absolute atomic E-state index is 14.4. The highest BCUT2D eigenvalue weighted by Crippen LogP contribution is 2.36. The van der Waals surface area contributed by atoms with Gasteiger partial charge >= 0.3 is 5.97 Å². The van der Waals surface area contributed by atoms with Crippen LogP contribution in [0.25, 0.3) is 11.1 Å². The van der Waals surface area contributed by atoms with Gasteiger partial charge in [-0.25, -0.2) is 17.5 Å². The SMILES string of the molecule is CCOCc1cc(C(=O)OCC)ccc1-c1ccccc1S(=O)(=O)N(COCC[Si](C)(C)C)c1nsc(C)c1C. The highest BCUT2D eigenvalue weighted by atomic mass is 32.2. The first-order valence-corrected chi connectivity index (χ1v) is 19.3. The number of hydrogen-bond donors (Lipinski definition) is 0. The standard InChI is InChI=1S/C29H40N2O6S2Si/c1-8-35-19-24-18-23(29(32)37-9-2)14-15-25(24)26-12-10-11-13-27(26)39(33,34)31(20-36-16-17-40(5,6)7)28-21(3)22(4)38-30-28/h10-15,18H,8-9,16-17,19-20H2,1-7H3. The van der Waals surface area contributed by atoms with Crippen molar-refractivity contribution >= 4 is 41.4 Å². The number of nitrogens with zero attached hydrogens (tertiary/aromatic N) is 2. The van der Waals surface area contributed by atoms with Gasteiger partial charge < -0.3 is 14.2 Å². The molecule has 0 aliphatic rings. The molecule has 0 radical (unpaired) electrons. The predicted molar refractivity (Wildman–Crippen MR) is 163 cm³/mol. The van der Waals surface area contributed by atoms with Crippen molar-refractivity contribution in [2.45, 2.75) is 64.9 Å². The first-order valence-electron chi connectivity index (χ1n) is 13.4. The summed E-state index contributed by atoms with van der Waals surface area (Å²) in [6.45, 7) is 15.4. The number of anilines is 1. The lowest BCUT2D eigenvalue weighted by molar-refractivity contribution is 0.0526. The van der Waals surface area contributed by atoms with Gasteiger partial charge in [-0.2, -0.15) is 4.37 Å². The van der Waals surface area contributed by atoms with Crippen LogP contribution in [-0.2, 0) is 30.8 Å². The van der Waals surface area contributed by atoms with Gasteiger partial charge in [0.25, 0.3) is 10.0 Å². The fourth-order valence-corrected chi connectivity index (χ4v) is 7.03. The molecule has 0 fully saturated rings. The average molecular weight is 605 g/mol. The third-order valence-electron chi connectivity index (χ3n) is 6.40. The molecule has 0 atom stereocenters. The van der Waals surface area contributed by atoms with Crippen LogP contribution in [0.1, 0.15) is 40.2 Å². The van der Waals surface area contributed by atoms with Gasteiger partial charge in [0.2, 0.25) is 0 Å². The number of carbonyl (C=O) groups is 1. The number of rotatable bonds is 14. The fraction of sp³-hybridized carbons (Fsp3) is 0.448. The van der Waals surface area contributed by atoms with E-state index in [4.69, 9.17) is 14.2 Å². The Balaban J connectivity index is 2.11. The molecular formula is C29H40N2O6S2Si. The highest BCUT2D eigenvalue weighted by Gasteiger charge is 2.32. The number of carbonyl (C=O) groups excluding carboxylic acids is 1. The van der Waals surface area contributed by atoms with Crippen LogP contribution < -0.4 is 4.31 Å². The quantitative estimate of drug-likeness (QED) is 0.0880. The van der Waals surface area contributed by atoms with Gasteiger partial charge in [0.15, 0.2) is 5.82 Å². The van der Waals surface area contributed by atoms with Gasteiger partial charge in [-0.3, -0.25) is 0 Å². The van der Waals surface area contributed by atoms with Crippen LogP contribution >= 0.6 is 11.5 Å². The lowest BCUT2D eigenvalue weighted by Gasteiger charge is -2.25. The predicted octanol–water partition coefficient (Wildman–Crippen LogP) is 6.65. The summed E-state index contributed by atoms with van der Waals surface area (Å²) < 4.78 is 51.3. The van der Waals surface area contributed by atoms with E-state index in [1.54, 1.807) is 49.4 Å². The van der Waals surface area contributed by atoms with Gasteiger partial charge in [0.05, 0.1) is 23.7 Å².